The van der Waals surface area contributed by atoms with Crippen LogP contribution in [-0.2, 0) is 11.8 Å². The van der Waals surface area contributed by atoms with E-state index in [1.807, 2.05) is 0 Å². The van der Waals surface area contributed by atoms with Crippen LogP contribution in [0.5, 0.6) is 0 Å². The number of amides is 1. The molecule has 1 aromatic heterocycles. The molecule has 6 heteroatoms. The summed E-state index contributed by atoms with van der Waals surface area (Å²) in [4.78, 5) is 12.0. The van der Waals surface area contributed by atoms with Gasteiger partial charge >= 0.3 is 0 Å². The van der Waals surface area contributed by atoms with Gasteiger partial charge in [-0.1, -0.05) is 0 Å². The summed E-state index contributed by atoms with van der Waals surface area (Å²) < 4.78 is 6.71. The van der Waals surface area contributed by atoms with E-state index in [0.717, 1.165) is 0 Å². The zero-order valence-electron chi connectivity index (χ0n) is 10.0. The Morgan fingerprint density at radius 1 is 1.71 bits per heavy atom. The molecule has 1 aliphatic rings. The molecule has 0 aromatic carbocycles. The summed E-state index contributed by atoms with van der Waals surface area (Å²) in [7, 11) is 1.77. The van der Waals surface area contributed by atoms with Crippen LogP contribution < -0.4 is 5.32 Å². The van der Waals surface area contributed by atoms with Gasteiger partial charge in [-0.3, -0.25) is 9.48 Å². The fourth-order valence-corrected chi connectivity index (χ4v) is 1.96. The second-order valence-corrected chi connectivity index (χ2v) is 4.31. The van der Waals surface area contributed by atoms with Crippen LogP contribution >= 0.6 is 0 Å². The van der Waals surface area contributed by atoms with E-state index >= 15 is 0 Å². The Hall–Kier alpha value is -1.40. The number of carbonyl (C=O) groups is 1. The minimum atomic E-state index is -0.635. The van der Waals surface area contributed by atoms with Gasteiger partial charge in [0.05, 0.1) is 30.0 Å². The number of aliphatic hydroxyl groups is 1. The molecular weight excluding hydrogens is 222 g/mol. The van der Waals surface area contributed by atoms with Gasteiger partial charge in [-0.15, -0.1) is 0 Å². The van der Waals surface area contributed by atoms with Crippen molar-refractivity contribution in [2.24, 2.45) is 7.05 Å². The summed E-state index contributed by atoms with van der Waals surface area (Å²) in [5, 5.41) is 16.6. The van der Waals surface area contributed by atoms with Gasteiger partial charge in [0.15, 0.2) is 0 Å². The second-order valence-electron chi connectivity index (χ2n) is 4.31. The Balaban J connectivity index is 2.03. The molecule has 2 N–H and O–H groups in total. The van der Waals surface area contributed by atoms with E-state index in [4.69, 9.17) is 4.74 Å². The molecule has 94 valence electrons. The van der Waals surface area contributed by atoms with Gasteiger partial charge in [0.2, 0.25) is 0 Å². The summed E-state index contributed by atoms with van der Waals surface area (Å²) in [6.45, 7) is 2.63. The number of rotatable bonds is 2. The number of hydrogen-bond acceptors (Lipinski definition) is 4. The van der Waals surface area contributed by atoms with Gasteiger partial charge < -0.3 is 15.2 Å². The Bertz CT molecular complexity index is 416. The molecule has 1 aliphatic heterocycles. The molecule has 2 rings (SSSR count). The predicted octanol–water partition coefficient (Wildman–Crippen LogP) is -0.392. The first-order valence-electron chi connectivity index (χ1n) is 5.65. The van der Waals surface area contributed by atoms with Crippen molar-refractivity contribution in [2.75, 3.05) is 13.2 Å². The molecule has 0 unspecified atom stereocenters. The first kappa shape index (κ1) is 12.1. The molecule has 0 saturated carbocycles. The monoisotopic (exact) mass is 239 g/mol. The quantitative estimate of drug-likeness (QED) is 0.737. The molecule has 1 amide bonds. The van der Waals surface area contributed by atoms with E-state index in [9.17, 15) is 9.90 Å². The number of aliphatic hydroxyl groups excluding tert-OH is 1. The standard InChI is InChI=1S/C11H17N3O3/c1-7-8(5-14(2)13-7)11(16)12-9-3-4-17-6-10(9)15/h5,9-10,15H,3-4,6H2,1-2H3,(H,12,16)/t9-,10-/m1/s1. The lowest BCUT2D eigenvalue weighted by Gasteiger charge is -2.28. The maximum Gasteiger partial charge on any atom is 0.255 e. The SMILES string of the molecule is Cc1nn(C)cc1C(=O)N[C@@H]1CCOC[C@H]1O. The van der Waals surface area contributed by atoms with E-state index in [2.05, 4.69) is 10.4 Å². The largest absolute Gasteiger partial charge is 0.389 e. The highest BCUT2D eigenvalue weighted by Crippen LogP contribution is 2.10. The smallest absolute Gasteiger partial charge is 0.255 e. The number of hydrogen-bond donors (Lipinski definition) is 2. The van der Waals surface area contributed by atoms with Gasteiger partial charge in [0, 0.05) is 19.9 Å². The van der Waals surface area contributed by atoms with E-state index in [1.165, 1.54) is 0 Å². The van der Waals surface area contributed by atoms with Crippen LogP contribution in [0, 0.1) is 6.92 Å². The lowest BCUT2D eigenvalue weighted by molar-refractivity contribution is -0.0260. The Morgan fingerprint density at radius 3 is 3.06 bits per heavy atom. The van der Waals surface area contributed by atoms with Crippen LogP contribution in [0.1, 0.15) is 22.5 Å². The van der Waals surface area contributed by atoms with Crippen molar-refractivity contribution >= 4 is 5.91 Å². The summed E-state index contributed by atoms with van der Waals surface area (Å²) in [6.07, 6.45) is 1.67. The van der Waals surface area contributed by atoms with E-state index < -0.39 is 6.10 Å². The molecule has 0 bridgehead atoms. The summed E-state index contributed by atoms with van der Waals surface area (Å²) in [5.74, 6) is -0.193. The number of aromatic nitrogens is 2. The van der Waals surface area contributed by atoms with Gasteiger partial charge in [-0.05, 0) is 13.3 Å². The first-order valence-corrected chi connectivity index (χ1v) is 5.65. The number of nitrogens with zero attached hydrogens (tertiary/aromatic N) is 2. The zero-order valence-corrected chi connectivity index (χ0v) is 10.0. The molecule has 2 atom stereocenters. The molecule has 0 spiro atoms. The average molecular weight is 239 g/mol. The third kappa shape index (κ3) is 2.65. The Kier molecular flexibility index (Phi) is 3.44. The van der Waals surface area contributed by atoms with E-state index in [-0.39, 0.29) is 18.6 Å². The van der Waals surface area contributed by atoms with Crippen molar-refractivity contribution < 1.29 is 14.6 Å². The molecule has 0 aliphatic carbocycles. The summed E-state index contributed by atoms with van der Waals surface area (Å²) >= 11 is 0. The molecule has 1 aromatic rings. The van der Waals surface area contributed by atoms with Gasteiger partial charge in [-0.2, -0.15) is 5.10 Å². The van der Waals surface area contributed by atoms with Gasteiger partial charge in [0.1, 0.15) is 0 Å². The minimum Gasteiger partial charge on any atom is -0.389 e. The predicted molar refractivity (Wildman–Crippen MR) is 60.6 cm³/mol. The Morgan fingerprint density at radius 2 is 2.47 bits per heavy atom. The van der Waals surface area contributed by atoms with Crippen LogP contribution in [0.15, 0.2) is 6.20 Å². The average Bonchev–Trinajstić information content (AvgIpc) is 2.61. The lowest BCUT2D eigenvalue weighted by Crippen LogP contribution is -2.48. The third-order valence-electron chi connectivity index (χ3n) is 2.90. The molecule has 6 nitrogen and oxygen atoms in total. The number of carbonyl (C=O) groups excluding carboxylic acids is 1. The van der Waals surface area contributed by atoms with Gasteiger partial charge in [-0.25, -0.2) is 0 Å². The minimum absolute atomic E-state index is 0.193. The third-order valence-corrected chi connectivity index (χ3v) is 2.90. The topological polar surface area (TPSA) is 76.4 Å². The summed E-state index contributed by atoms with van der Waals surface area (Å²) in [5.41, 5.74) is 1.23. The van der Waals surface area contributed by atoms with Crippen LogP contribution in [0.3, 0.4) is 0 Å². The fourth-order valence-electron chi connectivity index (χ4n) is 1.96. The van der Waals surface area contributed by atoms with Crippen molar-refractivity contribution in [3.63, 3.8) is 0 Å². The molecule has 2 heterocycles. The fraction of sp³-hybridized carbons (Fsp3) is 0.636. The summed E-state index contributed by atoms with van der Waals surface area (Å²) in [6, 6.07) is -0.240. The normalized spacial score (nSPS) is 24.6. The highest BCUT2D eigenvalue weighted by atomic mass is 16.5. The molecule has 1 saturated heterocycles. The first-order chi connectivity index (χ1) is 8.08. The van der Waals surface area contributed by atoms with Gasteiger partial charge in [0.25, 0.3) is 5.91 Å². The van der Waals surface area contributed by atoms with Crippen molar-refractivity contribution in [1.82, 2.24) is 15.1 Å². The maximum atomic E-state index is 12.0. The second kappa shape index (κ2) is 4.85. The van der Waals surface area contributed by atoms with Crippen LogP contribution in [-0.4, -0.2) is 46.2 Å². The lowest BCUT2D eigenvalue weighted by atomic mass is 10.1. The van der Waals surface area contributed by atoms with Crippen LogP contribution in [0.2, 0.25) is 0 Å². The van der Waals surface area contributed by atoms with Crippen molar-refractivity contribution in [3.8, 4) is 0 Å². The zero-order chi connectivity index (χ0) is 12.4. The Labute approximate surface area is 99.6 Å². The maximum absolute atomic E-state index is 12.0. The molecule has 0 radical (unpaired) electrons. The molecule has 1 fully saturated rings. The van der Waals surface area contributed by atoms with Crippen molar-refractivity contribution in [2.45, 2.75) is 25.5 Å². The molecular formula is C11H17N3O3. The molecule has 17 heavy (non-hydrogen) atoms. The number of aryl methyl sites for hydroxylation is 2. The highest BCUT2D eigenvalue weighted by Gasteiger charge is 2.26. The van der Waals surface area contributed by atoms with E-state index in [1.54, 1.807) is 24.9 Å². The number of nitrogens with one attached hydrogen (secondary N) is 1. The van der Waals surface area contributed by atoms with Crippen LogP contribution in [0.4, 0.5) is 0 Å². The highest BCUT2D eigenvalue weighted by molar-refractivity contribution is 5.95. The van der Waals surface area contributed by atoms with Crippen molar-refractivity contribution in [1.29, 1.82) is 0 Å². The van der Waals surface area contributed by atoms with Crippen LogP contribution in [0.25, 0.3) is 0 Å². The van der Waals surface area contributed by atoms with Crippen molar-refractivity contribution in [3.05, 3.63) is 17.5 Å². The number of ether oxygens (including phenoxy) is 1. The van der Waals surface area contributed by atoms with E-state index in [0.29, 0.717) is 24.3 Å².